The molecule has 1 aromatic carbocycles. The monoisotopic (exact) mass is 288 g/mol. The van der Waals surface area contributed by atoms with Crippen molar-refractivity contribution in [2.75, 3.05) is 11.9 Å². The van der Waals surface area contributed by atoms with Crippen molar-refractivity contribution in [1.82, 2.24) is 15.1 Å². The van der Waals surface area contributed by atoms with Crippen LogP contribution in [0, 0.1) is 0 Å². The van der Waals surface area contributed by atoms with Crippen molar-refractivity contribution in [3.05, 3.63) is 47.8 Å². The number of carbonyl (C=O) groups is 2. The standard InChI is InChI=1S/C14H16N4O3/c1-18-12(6-8-16-18)5-7-15-14(21)17-11-4-2-3-10(9-11)13(19)20/h2-4,6,8-9H,5,7H2,1H3,(H,19,20)(H2,15,17,21). The topological polar surface area (TPSA) is 96.3 Å². The van der Waals surface area contributed by atoms with Crippen molar-refractivity contribution in [2.24, 2.45) is 7.05 Å². The predicted molar refractivity (Wildman–Crippen MR) is 77.3 cm³/mol. The molecule has 2 amide bonds. The molecule has 0 saturated carbocycles. The van der Waals surface area contributed by atoms with Gasteiger partial charge in [-0.05, 0) is 24.3 Å². The third-order valence-electron chi connectivity index (χ3n) is 2.96. The average molecular weight is 288 g/mol. The first-order valence-electron chi connectivity index (χ1n) is 6.41. The summed E-state index contributed by atoms with van der Waals surface area (Å²) in [6.07, 6.45) is 2.37. The maximum absolute atomic E-state index is 11.7. The lowest BCUT2D eigenvalue weighted by molar-refractivity contribution is 0.0697. The van der Waals surface area contributed by atoms with E-state index in [1.807, 2.05) is 13.1 Å². The number of rotatable bonds is 5. The van der Waals surface area contributed by atoms with E-state index in [-0.39, 0.29) is 11.6 Å². The van der Waals surface area contributed by atoms with Crippen LogP contribution in [0.1, 0.15) is 16.1 Å². The largest absolute Gasteiger partial charge is 0.478 e. The SMILES string of the molecule is Cn1nccc1CCNC(=O)Nc1cccc(C(=O)O)c1. The number of carboxylic acid groups (broad SMARTS) is 1. The summed E-state index contributed by atoms with van der Waals surface area (Å²) in [6.45, 7) is 0.462. The molecule has 21 heavy (non-hydrogen) atoms. The lowest BCUT2D eigenvalue weighted by Crippen LogP contribution is -2.30. The first-order chi connectivity index (χ1) is 10.1. The van der Waals surface area contributed by atoms with E-state index in [4.69, 9.17) is 5.11 Å². The molecule has 0 saturated heterocycles. The summed E-state index contributed by atoms with van der Waals surface area (Å²) in [5.41, 5.74) is 1.58. The van der Waals surface area contributed by atoms with Gasteiger partial charge in [0.25, 0.3) is 0 Å². The first kappa shape index (κ1) is 14.6. The van der Waals surface area contributed by atoms with E-state index in [1.54, 1.807) is 23.0 Å². The highest BCUT2D eigenvalue weighted by Gasteiger charge is 2.06. The highest BCUT2D eigenvalue weighted by Crippen LogP contribution is 2.10. The van der Waals surface area contributed by atoms with Crippen LogP contribution in [0.15, 0.2) is 36.5 Å². The molecular formula is C14H16N4O3. The molecular weight excluding hydrogens is 272 g/mol. The Balaban J connectivity index is 1.83. The maximum atomic E-state index is 11.7. The second-order valence-electron chi connectivity index (χ2n) is 4.46. The van der Waals surface area contributed by atoms with Crippen molar-refractivity contribution >= 4 is 17.7 Å². The second-order valence-corrected chi connectivity index (χ2v) is 4.46. The molecule has 2 aromatic rings. The minimum atomic E-state index is -1.03. The number of hydrogen-bond donors (Lipinski definition) is 3. The van der Waals surface area contributed by atoms with Gasteiger partial charge in [-0.2, -0.15) is 5.10 Å². The van der Waals surface area contributed by atoms with Crippen LogP contribution in [-0.4, -0.2) is 33.4 Å². The second kappa shape index (κ2) is 6.56. The number of carbonyl (C=O) groups excluding carboxylic acids is 1. The Kier molecular flexibility index (Phi) is 4.55. The van der Waals surface area contributed by atoms with Crippen molar-refractivity contribution in [2.45, 2.75) is 6.42 Å². The van der Waals surface area contributed by atoms with Crippen LogP contribution in [0.5, 0.6) is 0 Å². The van der Waals surface area contributed by atoms with Crippen molar-refractivity contribution in [3.8, 4) is 0 Å². The van der Waals surface area contributed by atoms with E-state index in [2.05, 4.69) is 15.7 Å². The Morgan fingerprint density at radius 2 is 2.14 bits per heavy atom. The Labute approximate surface area is 121 Å². The fraction of sp³-hybridized carbons (Fsp3) is 0.214. The Hall–Kier alpha value is -2.83. The highest BCUT2D eigenvalue weighted by molar-refractivity contribution is 5.93. The molecule has 0 radical (unpaired) electrons. The van der Waals surface area contributed by atoms with Gasteiger partial charge >= 0.3 is 12.0 Å². The fourth-order valence-corrected chi connectivity index (χ4v) is 1.86. The first-order valence-corrected chi connectivity index (χ1v) is 6.41. The molecule has 0 fully saturated rings. The number of amides is 2. The number of nitrogens with zero attached hydrogens (tertiary/aromatic N) is 2. The van der Waals surface area contributed by atoms with Crippen LogP contribution in [-0.2, 0) is 13.5 Å². The van der Waals surface area contributed by atoms with E-state index in [9.17, 15) is 9.59 Å². The molecule has 0 aliphatic heterocycles. The smallest absolute Gasteiger partial charge is 0.335 e. The zero-order valence-electron chi connectivity index (χ0n) is 11.5. The number of aromatic carboxylic acids is 1. The molecule has 0 spiro atoms. The molecule has 3 N–H and O–H groups in total. The Morgan fingerprint density at radius 3 is 2.81 bits per heavy atom. The molecule has 7 nitrogen and oxygen atoms in total. The van der Waals surface area contributed by atoms with Gasteiger partial charge in [0.1, 0.15) is 0 Å². The van der Waals surface area contributed by atoms with Crippen molar-refractivity contribution in [3.63, 3.8) is 0 Å². The molecule has 0 unspecified atom stereocenters. The third-order valence-corrected chi connectivity index (χ3v) is 2.96. The maximum Gasteiger partial charge on any atom is 0.335 e. The van der Waals surface area contributed by atoms with Gasteiger partial charge < -0.3 is 15.7 Å². The lowest BCUT2D eigenvalue weighted by Gasteiger charge is -2.08. The van der Waals surface area contributed by atoms with Gasteiger partial charge in [0, 0.05) is 37.6 Å². The van der Waals surface area contributed by atoms with E-state index in [0.717, 1.165) is 5.69 Å². The molecule has 7 heteroatoms. The van der Waals surface area contributed by atoms with E-state index < -0.39 is 5.97 Å². The number of carboxylic acids is 1. The molecule has 0 aliphatic rings. The van der Waals surface area contributed by atoms with Gasteiger partial charge in [-0.15, -0.1) is 0 Å². The van der Waals surface area contributed by atoms with E-state index in [0.29, 0.717) is 18.7 Å². The third kappa shape index (κ3) is 4.07. The molecule has 1 aromatic heterocycles. The quantitative estimate of drug-likeness (QED) is 0.776. The average Bonchev–Trinajstić information content (AvgIpc) is 2.85. The number of aryl methyl sites for hydroxylation is 1. The molecule has 1 heterocycles. The predicted octanol–water partition coefficient (Wildman–Crippen LogP) is 1.48. The van der Waals surface area contributed by atoms with E-state index in [1.165, 1.54) is 12.1 Å². The number of aromatic nitrogens is 2. The summed E-state index contributed by atoms with van der Waals surface area (Å²) in [5, 5.41) is 18.2. The molecule has 2 rings (SSSR count). The van der Waals surface area contributed by atoms with Crippen LogP contribution in [0.3, 0.4) is 0 Å². The summed E-state index contributed by atoms with van der Waals surface area (Å²) in [6, 6.07) is 7.59. The zero-order valence-corrected chi connectivity index (χ0v) is 11.5. The number of hydrogen-bond acceptors (Lipinski definition) is 3. The summed E-state index contributed by atoms with van der Waals surface area (Å²) >= 11 is 0. The van der Waals surface area contributed by atoms with Gasteiger partial charge in [-0.25, -0.2) is 9.59 Å². The van der Waals surface area contributed by atoms with Crippen LogP contribution < -0.4 is 10.6 Å². The van der Waals surface area contributed by atoms with Crippen molar-refractivity contribution in [1.29, 1.82) is 0 Å². The summed E-state index contributed by atoms with van der Waals surface area (Å²) < 4.78 is 1.75. The van der Waals surface area contributed by atoms with E-state index >= 15 is 0 Å². The zero-order chi connectivity index (χ0) is 15.2. The molecule has 0 bridgehead atoms. The fourth-order valence-electron chi connectivity index (χ4n) is 1.86. The molecule has 0 atom stereocenters. The van der Waals surface area contributed by atoms with Gasteiger partial charge in [-0.3, -0.25) is 4.68 Å². The minimum Gasteiger partial charge on any atom is -0.478 e. The lowest BCUT2D eigenvalue weighted by atomic mass is 10.2. The number of urea groups is 1. The van der Waals surface area contributed by atoms with Crippen LogP contribution in [0.2, 0.25) is 0 Å². The normalized spacial score (nSPS) is 10.1. The summed E-state index contributed by atoms with van der Waals surface area (Å²) in [7, 11) is 1.84. The number of benzene rings is 1. The van der Waals surface area contributed by atoms with Gasteiger partial charge in [0.15, 0.2) is 0 Å². The highest BCUT2D eigenvalue weighted by atomic mass is 16.4. The van der Waals surface area contributed by atoms with Crippen LogP contribution in [0.4, 0.5) is 10.5 Å². The number of nitrogens with one attached hydrogen (secondary N) is 2. The Morgan fingerprint density at radius 1 is 1.33 bits per heavy atom. The van der Waals surface area contributed by atoms with Crippen LogP contribution >= 0.6 is 0 Å². The molecule has 110 valence electrons. The minimum absolute atomic E-state index is 0.127. The number of anilines is 1. The summed E-state index contributed by atoms with van der Waals surface area (Å²) in [4.78, 5) is 22.6. The van der Waals surface area contributed by atoms with Gasteiger partial charge in [0.05, 0.1) is 5.56 Å². The molecule has 0 aliphatic carbocycles. The van der Waals surface area contributed by atoms with Gasteiger partial charge in [0.2, 0.25) is 0 Å². The van der Waals surface area contributed by atoms with Gasteiger partial charge in [-0.1, -0.05) is 6.07 Å². The van der Waals surface area contributed by atoms with Crippen molar-refractivity contribution < 1.29 is 14.7 Å². The Bertz CT molecular complexity index is 651. The van der Waals surface area contributed by atoms with Crippen LogP contribution in [0.25, 0.3) is 0 Å². The summed E-state index contributed by atoms with van der Waals surface area (Å²) in [5.74, 6) is -1.03.